The zero-order valence-electron chi connectivity index (χ0n) is 19.6. The van der Waals surface area contributed by atoms with Crippen LogP contribution in [0.1, 0.15) is 91.4 Å². The number of aliphatic hydroxyl groups excluding tert-OH is 1. The van der Waals surface area contributed by atoms with Gasteiger partial charge >= 0.3 is 0 Å². The maximum atomic E-state index is 9.84. The fraction of sp³-hybridized carbons (Fsp3) is 0.926. The molecular weight excluding hydrogens is 372 g/mol. The number of rotatable bonds is 4. The van der Waals surface area contributed by atoms with Gasteiger partial charge < -0.3 is 14.6 Å². The molecule has 1 saturated heterocycles. The van der Waals surface area contributed by atoms with Gasteiger partial charge in [-0.2, -0.15) is 0 Å². The van der Waals surface area contributed by atoms with E-state index >= 15 is 0 Å². The van der Waals surface area contributed by atoms with E-state index in [1.54, 1.807) is 5.57 Å². The Morgan fingerprint density at radius 1 is 1.10 bits per heavy atom. The summed E-state index contributed by atoms with van der Waals surface area (Å²) in [6.45, 7) is 8.68. The molecule has 3 saturated carbocycles. The molecule has 0 bridgehead atoms. The maximum Gasteiger partial charge on any atom is 0.157 e. The second-order valence-electron chi connectivity index (χ2n) is 11.9. The van der Waals surface area contributed by atoms with Crippen LogP contribution in [0, 0.1) is 40.4 Å². The van der Waals surface area contributed by atoms with Gasteiger partial charge in [0.25, 0.3) is 0 Å². The summed E-state index contributed by atoms with van der Waals surface area (Å²) in [5.74, 6) is 3.73. The Kier molecular flexibility index (Phi) is 5.86. The highest BCUT2D eigenvalue weighted by Crippen LogP contribution is 2.67. The van der Waals surface area contributed by atoms with Gasteiger partial charge in [-0.15, -0.1) is 0 Å². The summed E-state index contributed by atoms with van der Waals surface area (Å²) >= 11 is 0. The SMILES string of the molecule is CC(CO)[C@H]1CC[C@H]2[C@@H]3CC=C4C[C@@H](OC5CCCCO5)CC[C@]4(C)[C@H]3CC[C@]12C. The zero-order valence-corrected chi connectivity index (χ0v) is 19.6. The second kappa shape index (κ2) is 8.19. The second-order valence-corrected chi connectivity index (χ2v) is 11.9. The largest absolute Gasteiger partial charge is 0.396 e. The summed E-state index contributed by atoms with van der Waals surface area (Å²) in [6, 6.07) is 0. The Balaban J connectivity index is 1.31. The van der Waals surface area contributed by atoms with Gasteiger partial charge in [0.1, 0.15) is 0 Å². The van der Waals surface area contributed by atoms with E-state index in [9.17, 15) is 5.11 Å². The van der Waals surface area contributed by atoms with E-state index in [0.717, 1.165) is 37.2 Å². The van der Waals surface area contributed by atoms with Crippen LogP contribution in [-0.4, -0.2) is 30.7 Å². The van der Waals surface area contributed by atoms with Gasteiger partial charge in [0.15, 0.2) is 6.29 Å². The Labute approximate surface area is 184 Å². The smallest absolute Gasteiger partial charge is 0.157 e. The molecule has 5 rings (SSSR count). The number of hydrogen-bond acceptors (Lipinski definition) is 3. The van der Waals surface area contributed by atoms with Crippen molar-refractivity contribution in [2.75, 3.05) is 13.2 Å². The molecule has 3 heteroatoms. The molecule has 0 spiro atoms. The fourth-order valence-corrected chi connectivity index (χ4v) is 8.88. The zero-order chi connectivity index (χ0) is 20.9. The van der Waals surface area contributed by atoms with Crippen molar-refractivity contribution in [3.8, 4) is 0 Å². The quantitative estimate of drug-likeness (QED) is 0.562. The van der Waals surface area contributed by atoms with Crippen LogP contribution in [0.4, 0.5) is 0 Å². The molecular formula is C27H44O3. The van der Waals surface area contributed by atoms with Crippen molar-refractivity contribution in [2.24, 2.45) is 40.4 Å². The Morgan fingerprint density at radius 2 is 1.97 bits per heavy atom. The van der Waals surface area contributed by atoms with Crippen LogP contribution in [0.2, 0.25) is 0 Å². The van der Waals surface area contributed by atoms with Crippen LogP contribution in [0.25, 0.3) is 0 Å². The van der Waals surface area contributed by atoms with Crippen molar-refractivity contribution >= 4 is 0 Å². The number of fused-ring (bicyclic) bond motifs is 5. The molecule has 170 valence electrons. The standard InChI is InChI=1S/C27H44O3/c1-18(17-28)22-9-10-23-21-8-7-19-16-20(30-25-6-4-5-15-29-25)11-13-26(19,2)24(21)12-14-27(22,23)3/h7,18,20-25,28H,4-6,8-17H2,1-3H3/t18?,20-,21-,22+,23-,24-,25?,26-,27+/m0/s1. The van der Waals surface area contributed by atoms with Crippen LogP contribution >= 0.6 is 0 Å². The van der Waals surface area contributed by atoms with E-state index in [4.69, 9.17) is 9.47 Å². The molecule has 2 unspecified atom stereocenters. The van der Waals surface area contributed by atoms with E-state index < -0.39 is 0 Å². The van der Waals surface area contributed by atoms with E-state index in [1.807, 2.05) is 0 Å². The lowest BCUT2D eigenvalue weighted by atomic mass is 9.47. The summed E-state index contributed by atoms with van der Waals surface area (Å²) in [4.78, 5) is 0. The molecule has 0 radical (unpaired) electrons. The highest BCUT2D eigenvalue weighted by atomic mass is 16.7. The van der Waals surface area contributed by atoms with Crippen LogP contribution < -0.4 is 0 Å². The summed E-state index contributed by atoms with van der Waals surface area (Å²) in [5.41, 5.74) is 2.54. The number of aliphatic hydroxyl groups is 1. The molecule has 3 nitrogen and oxygen atoms in total. The van der Waals surface area contributed by atoms with Crippen LogP contribution in [0.3, 0.4) is 0 Å². The average Bonchev–Trinajstić information content (AvgIpc) is 3.11. The first kappa shape index (κ1) is 21.5. The summed E-state index contributed by atoms with van der Waals surface area (Å²) in [5, 5.41) is 9.84. The van der Waals surface area contributed by atoms with Gasteiger partial charge in [-0.05, 0) is 111 Å². The maximum absolute atomic E-state index is 9.84. The minimum Gasteiger partial charge on any atom is -0.396 e. The van der Waals surface area contributed by atoms with Gasteiger partial charge in [-0.25, -0.2) is 0 Å². The van der Waals surface area contributed by atoms with Crippen LogP contribution in [0.15, 0.2) is 11.6 Å². The lowest BCUT2D eigenvalue weighted by molar-refractivity contribution is -0.195. The number of allylic oxidation sites excluding steroid dienone is 1. The molecule has 0 aromatic heterocycles. The van der Waals surface area contributed by atoms with Gasteiger partial charge in [0, 0.05) is 13.2 Å². The highest BCUT2D eigenvalue weighted by molar-refractivity contribution is 5.25. The van der Waals surface area contributed by atoms with E-state index in [-0.39, 0.29) is 6.29 Å². The molecule has 1 heterocycles. The van der Waals surface area contributed by atoms with Crippen LogP contribution in [-0.2, 0) is 9.47 Å². The molecule has 0 aromatic carbocycles. The molecule has 0 amide bonds. The van der Waals surface area contributed by atoms with Crippen LogP contribution in [0.5, 0.6) is 0 Å². The summed E-state index contributed by atoms with van der Waals surface area (Å²) < 4.78 is 12.3. The molecule has 4 aliphatic carbocycles. The monoisotopic (exact) mass is 416 g/mol. The lowest BCUT2D eigenvalue weighted by Gasteiger charge is -2.58. The predicted octanol–water partition coefficient (Wildman–Crippen LogP) is 6.11. The summed E-state index contributed by atoms with van der Waals surface area (Å²) in [6.07, 6.45) is 16.9. The minimum absolute atomic E-state index is 0.0457. The summed E-state index contributed by atoms with van der Waals surface area (Å²) in [7, 11) is 0. The average molecular weight is 417 g/mol. The van der Waals surface area contributed by atoms with Crippen molar-refractivity contribution in [2.45, 2.75) is 104 Å². The van der Waals surface area contributed by atoms with E-state index in [0.29, 0.717) is 35.4 Å². The third-order valence-corrected chi connectivity index (χ3v) is 10.6. The molecule has 0 aromatic rings. The first-order chi connectivity index (χ1) is 14.5. The Bertz CT molecular complexity index is 652. The predicted molar refractivity (Wildman–Crippen MR) is 120 cm³/mol. The van der Waals surface area contributed by atoms with Gasteiger partial charge in [-0.3, -0.25) is 0 Å². The fourth-order valence-electron chi connectivity index (χ4n) is 8.88. The van der Waals surface area contributed by atoms with Crippen molar-refractivity contribution < 1.29 is 14.6 Å². The number of hydrogen-bond donors (Lipinski definition) is 1. The highest BCUT2D eigenvalue weighted by Gasteiger charge is 2.59. The van der Waals surface area contributed by atoms with E-state index in [1.165, 1.54) is 57.8 Å². The lowest BCUT2D eigenvalue weighted by Crippen LogP contribution is -2.51. The first-order valence-corrected chi connectivity index (χ1v) is 13.0. The van der Waals surface area contributed by atoms with Crippen molar-refractivity contribution in [1.29, 1.82) is 0 Å². The van der Waals surface area contributed by atoms with Crippen molar-refractivity contribution in [1.82, 2.24) is 0 Å². The normalized spacial score (nSPS) is 49.5. The number of ether oxygens (including phenoxy) is 2. The Morgan fingerprint density at radius 3 is 2.73 bits per heavy atom. The van der Waals surface area contributed by atoms with Gasteiger partial charge in [0.05, 0.1) is 6.10 Å². The minimum atomic E-state index is 0.0457. The van der Waals surface area contributed by atoms with Crippen molar-refractivity contribution in [3.63, 3.8) is 0 Å². The Hall–Kier alpha value is -0.380. The molecule has 30 heavy (non-hydrogen) atoms. The molecule has 5 aliphatic rings. The topological polar surface area (TPSA) is 38.7 Å². The van der Waals surface area contributed by atoms with Gasteiger partial charge in [0.2, 0.25) is 0 Å². The third kappa shape index (κ3) is 3.42. The third-order valence-electron chi connectivity index (χ3n) is 10.6. The van der Waals surface area contributed by atoms with Crippen molar-refractivity contribution in [3.05, 3.63) is 11.6 Å². The van der Waals surface area contributed by atoms with E-state index in [2.05, 4.69) is 26.8 Å². The molecule has 4 fully saturated rings. The molecule has 9 atom stereocenters. The first-order valence-electron chi connectivity index (χ1n) is 13.0. The molecule has 1 N–H and O–H groups in total. The molecule has 1 aliphatic heterocycles. The van der Waals surface area contributed by atoms with Gasteiger partial charge in [-0.1, -0.05) is 32.4 Å².